The third kappa shape index (κ3) is 1.89. The SMILES string of the molecule is CN1C(=O)CC(N2CCC(N)CC2)C1=O. The molecule has 0 spiro atoms. The zero-order valence-electron chi connectivity index (χ0n) is 8.98. The highest BCUT2D eigenvalue weighted by atomic mass is 16.2. The molecule has 0 aliphatic carbocycles. The number of carbonyl (C=O) groups excluding carboxylic acids is 2. The highest BCUT2D eigenvalue weighted by Gasteiger charge is 2.40. The number of nitrogens with zero attached hydrogens (tertiary/aromatic N) is 2. The number of likely N-dealkylation sites (N-methyl/N-ethyl adjacent to an activating group) is 1. The number of nitrogens with two attached hydrogens (primary N) is 1. The molecule has 2 N–H and O–H groups in total. The van der Waals surface area contributed by atoms with Gasteiger partial charge in [0.15, 0.2) is 0 Å². The van der Waals surface area contributed by atoms with Gasteiger partial charge in [-0.2, -0.15) is 0 Å². The fourth-order valence-electron chi connectivity index (χ4n) is 2.25. The second-order valence-electron chi connectivity index (χ2n) is 4.38. The smallest absolute Gasteiger partial charge is 0.246 e. The van der Waals surface area contributed by atoms with Crippen molar-refractivity contribution in [1.82, 2.24) is 9.80 Å². The lowest BCUT2D eigenvalue weighted by Crippen LogP contribution is -2.47. The van der Waals surface area contributed by atoms with E-state index in [-0.39, 0.29) is 23.9 Å². The minimum Gasteiger partial charge on any atom is -0.328 e. The molecule has 1 atom stereocenters. The van der Waals surface area contributed by atoms with E-state index in [0.717, 1.165) is 25.9 Å². The quantitative estimate of drug-likeness (QED) is 0.575. The molecular weight excluding hydrogens is 194 g/mol. The number of rotatable bonds is 1. The first-order chi connectivity index (χ1) is 7.09. The molecule has 0 aromatic heterocycles. The standard InChI is InChI=1S/C10H17N3O2/c1-12-9(14)6-8(10(12)15)13-4-2-7(11)3-5-13/h7-8H,2-6,11H2,1H3. The molecule has 2 heterocycles. The molecule has 0 radical (unpaired) electrons. The summed E-state index contributed by atoms with van der Waals surface area (Å²) in [4.78, 5) is 26.4. The highest BCUT2D eigenvalue weighted by Crippen LogP contribution is 2.20. The average molecular weight is 211 g/mol. The third-order valence-corrected chi connectivity index (χ3v) is 3.37. The van der Waals surface area contributed by atoms with E-state index in [4.69, 9.17) is 5.73 Å². The summed E-state index contributed by atoms with van der Waals surface area (Å²) < 4.78 is 0. The van der Waals surface area contributed by atoms with Gasteiger partial charge < -0.3 is 5.73 Å². The molecule has 2 aliphatic rings. The average Bonchev–Trinajstić information content (AvgIpc) is 2.47. The van der Waals surface area contributed by atoms with Crippen LogP contribution in [0.15, 0.2) is 0 Å². The Labute approximate surface area is 89.2 Å². The van der Waals surface area contributed by atoms with Crippen LogP contribution in [0.25, 0.3) is 0 Å². The van der Waals surface area contributed by atoms with Gasteiger partial charge in [-0.25, -0.2) is 0 Å². The van der Waals surface area contributed by atoms with Crippen LogP contribution in [-0.4, -0.2) is 53.8 Å². The van der Waals surface area contributed by atoms with Crippen molar-refractivity contribution < 1.29 is 9.59 Å². The van der Waals surface area contributed by atoms with E-state index in [9.17, 15) is 9.59 Å². The normalized spacial score (nSPS) is 30.3. The van der Waals surface area contributed by atoms with Gasteiger partial charge in [0.1, 0.15) is 0 Å². The van der Waals surface area contributed by atoms with Crippen LogP contribution < -0.4 is 5.73 Å². The van der Waals surface area contributed by atoms with Gasteiger partial charge in [-0.3, -0.25) is 19.4 Å². The molecule has 0 saturated carbocycles. The van der Waals surface area contributed by atoms with E-state index in [0.29, 0.717) is 6.42 Å². The van der Waals surface area contributed by atoms with Gasteiger partial charge in [-0.15, -0.1) is 0 Å². The van der Waals surface area contributed by atoms with E-state index in [2.05, 4.69) is 4.90 Å². The van der Waals surface area contributed by atoms with Gasteiger partial charge in [-0.05, 0) is 12.8 Å². The van der Waals surface area contributed by atoms with Crippen molar-refractivity contribution in [2.75, 3.05) is 20.1 Å². The Morgan fingerprint density at radius 3 is 2.33 bits per heavy atom. The second kappa shape index (κ2) is 3.90. The monoisotopic (exact) mass is 211 g/mol. The summed E-state index contributed by atoms with van der Waals surface area (Å²) >= 11 is 0. The Bertz CT molecular complexity index is 284. The maximum Gasteiger partial charge on any atom is 0.246 e. The van der Waals surface area contributed by atoms with Crippen LogP contribution >= 0.6 is 0 Å². The summed E-state index contributed by atoms with van der Waals surface area (Å²) in [6.45, 7) is 1.66. The summed E-state index contributed by atoms with van der Waals surface area (Å²) in [6, 6.07) is 0.0289. The van der Waals surface area contributed by atoms with Gasteiger partial charge in [0.2, 0.25) is 11.8 Å². The number of hydrogen-bond acceptors (Lipinski definition) is 4. The minimum absolute atomic E-state index is 0.0597. The van der Waals surface area contributed by atoms with Gasteiger partial charge in [0, 0.05) is 26.2 Å². The van der Waals surface area contributed by atoms with Gasteiger partial charge in [0.25, 0.3) is 0 Å². The van der Waals surface area contributed by atoms with E-state index in [1.54, 1.807) is 7.05 Å². The number of amides is 2. The van der Waals surface area contributed by atoms with E-state index in [1.165, 1.54) is 4.90 Å². The van der Waals surface area contributed by atoms with Crippen molar-refractivity contribution in [2.45, 2.75) is 31.3 Å². The molecule has 2 amide bonds. The molecule has 15 heavy (non-hydrogen) atoms. The zero-order valence-corrected chi connectivity index (χ0v) is 8.98. The minimum atomic E-state index is -0.227. The van der Waals surface area contributed by atoms with Crippen LogP contribution in [0.3, 0.4) is 0 Å². The molecule has 0 aromatic carbocycles. The zero-order chi connectivity index (χ0) is 11.0. The van der Waals surface area contributed by atoms with E-state index >= 15 is 0 Å². The van der Waals surface area contributed by atoms with Crippen LogP contribution in [-0.2, 0) is 9.59 Å². The van der Waals surface area contributed by atoms with Gasteiger partial charge >= 0.3 is 0 Å². The van der Waals surface area contributed by atoms with Crippen molar-refractivity contribution in [2.24, 2.45) is 5.73 Å². The van der Waals surface area contributed by atoms with Crippen molar-refractivity contribution in [3.63, 3.8) is 0 Å². The molecule has 1 unspecified atom stereocenters. The molecule has 0 bridgehead atoms. The first-order valence-electron chi connectivity index (χ1n) is 5.39. The second-order valence-corrected chi connectivity index (χ2v) is 4.38. The van der Waals surface area contributed by atoms with Crippen LogP contribution in [0, 0.1) is 0 Å². The Morgan fingerprint density at radius 2 is 1.87 bits per heavy atom. The van der Waals surface area contributed by atoms with Gasteiger partial charge in [0.05, 0.1) is 12.5 Å². The Balaban J connectivity index is 2.00. The summed E-state index contributed by atoms with van der Waals surface area (Å²) in [5.41, 5.74) is 5.80. The lowest BCUT2D eigenvalue weighted by molar-refractivity contribution is -0.138. The molecule has 2 saturated heterocycles. The maximum atomic E-state index is 11.7. The van der Waals surface area contributed by atoms with Crippen molar-refractivity contribution >= 4 is 11.8 Å². The maximum absolute atomic E-state index is 11.7. The third-order valence-electron chi connectivity index (χ3n) is 3.37. The number of carbonyl (C=O) groups is 2. The topological polar surface area (TPSA) is 66.6 Å². The van der Waals surface area contributed by atoms with Crippen LogP contribution in [0.1, 0.15) is 19.3 Å². The van der Waals surface area contributed by atoms with E-state index in [1.807, 2.05) is 0 Å². The summed E-state index contributed by atoms with van der Waals surface area (Å²) in [5, 5.41) is 0. The molecular formula is C10H17N3O2. The number of imide groups is 1. The van der Waals surface area contributed by atoms with Crippen molar-refractivity contribution in [3.05, 3.63) is 0 Å². The predicted molar refractivity (Wildman–Crippen MR) is 55.0 cm³/mol. The molecule has 5 nitrogen and oxygen atoms in total. The molecule has 2 aliphatic heterocycles. The molecule has 84 valence electrons. The molecule has 2 rings (SSSR count). The van der Waals surface area contributed by atoms with E-state index < -0.39 is 0 Å². The van der Waals surface area contributed by atoms with Crippen molar-refractivity contribution in [3.8, 4) is 0 Å². The first kappa shape index (κ1) is 10.6. The highest BCUT2D eigenvalue weighted by molar-refractivity contribution is 6.05. The molecule has 0 aromatic rings. The molecule has 5 heteroatoms. The summed E-state index contributed by atoms with van der Waals surface area (Å²) in [5.74, 6) is -0.129. The lowest BCUT2D eigenvalue weighted by Gasteiger charge is -2.33. The first-order valence-corrected chi connectivity index (χ1v) is 5.39. The fraction of sp³-hybridized carbons (Fsp3) is 0.800. The number of hydrogen-bond donors (Lipinski definition) is 1. The number of piperidine rings is 1. The summed E-state index contributed by atoms with van der Waals surface area (Å²) in [7, 11) is 1.56. The summed E-state index contributed by atoms with van der Waals surface area (Å²) in [6.07, 6.45) is 2.17. The fourth-order valence-corrected chi connectivity index (χ4v) is 2.25. The largest absolute Gasteiger partial charge is 0.328 e. The van der Waals surface area contributed by atoms with Crippen molar-refractivity contribution in [1.29, 1.82) is 0 Å². The van der Waals surface area contributed by atoms with Crippen LogP contribution in [0.2, 0.25) is 0 Å². The molecule has 2 fully saturated rings. The van der Waals surface area contributed by atoms with Crippen LogP contribution in [0.5, 0.6) is 0 Å². The Kier molecular flexibility index (Phi) is 2.75. The lowest BCUT2D eigenvalue weighted by atomic mass is 10.0. The van der Waals surface area contributed by atoms with Gasteiger partial charge in [-0.1, -0.05) is 0 Å². The Morgan fingerprint density at radius 1 is 1.27 bits per heavy atom. The Hall–Kier alpha value is -0.940. The van der Waals surface area contributed by atoms with Crippen LogP contribution in [0.4, 0.5) is 0 Å². The predicted octanol–water partition coefficient (Wildman–Crippen LogP) is -0.833. The number of likely N-dealkylation sites (tertiary alicyclic amines) is 2.